The van der Waals surface area contributed by atoms with Crippen molar-refractivity contribution in [2.45, 2.75) is 52.6 Å². The normalized spacial score (nSPS) is 13.2. The van der Waals surface area contributed by atoms with Gasteiger partial charge in [-0.2, -0.15) is 0 Å². The molecule has 0 radical (unpaired) electrons. The molecule has 0 unspecified atom stereocenters. The van der Waals surface area contributed by atoms with Gasteiger partial charge in [0.05, 0.1) is 31.1 Å². The summed E-state index contributed by atoms with van der Waals surface area (Å²) in [5.41, 5.74) is 10.1. The smallest absolute Gasteiger partial charge is 0.259 e. The molecular weight excluding hydrogens is 622 g/mol. The Morgan fingerprint density at radius 3 is 2.18 bits per heavy atom. The maximum absolute atomic E-state index is 13.4. The fourth-order valence-corrected chi connectivity index (χ4v) is 5.53. The van der Waals surface area contributed by atoms with Crippen LogP contribution in [0.2, 0.25) is 0 Å². The number of aryl methyl sites for hydroxylation is 2. The number of hydrogen-bond donors (Lipinski definition) is 3. The van der Waals surface area contributed by atoms with Crippen molar-refractivity contribution >= 4 is 29.1 Å². The second kappa shape index (κ2) is 18.9. The van der Waals surface area contributed by atoms with E-state index in [1.165, 1.54) is 0 Å². The highest BCUT2D eigenvalue weighted by molar-refractivity contribution is 6.08. The molecule has 11 nitrogen and oxygen atoms in total. The predicted molar refractivity (Wildman–Crippen MR) is 193 cm³/mol. The molecular formula is C38H51N5O6. The molecule has 4 N–H and O–H groups in total. The molecule has 49 heavy (non-hydrogen) atoms. The summed E-state index contributed by atoms with van der Waals surface area (Å²) in [5, 5.41) is 5.95. The number of carbonyl (C=O) groups excluding carboxylic acids is 3. The molecule has 0 spiro atoms. The third-order valence-corrected chi connectivity index (χ3v) is 8.44. The Morgan fingerprint density at radius 1 is 0.755 bits per heavy atom. The van der Waals surface area contributed by atoms with E-state index < -0.39 is 0 Å². The minimum absolute atomic E-state index is 0.185. The van der Waals surface area contributed by atoms with Crippen LogP contribution in [0.4, 0.5) is 11.4 Å². The van der Waals surface area contributed by atoms with Crippen molar-refractivity contribution in [3.63, 3.8) is 0 Å². The van der Waals surface area contributed by atoms with E-state index >= 15 is 0 Å². The van der Waals surface area contributed by atoms with Crippen LogP contribution in [0.15, 0.2) is 54.6 Å². The zero-order chi connectivity index (χ0) is 35.2. The van der Waals surface area contributed by atoms with E-state index in [0.29, 0.717) is 72.2 Å². The summed E-state index contributed by atoms with van der Waals surface area (Å²) in [5.74, 6) is 0.648. The first-order chi connectivity index (χ1) is 23.7. The number of nitrogens with zero attached hydrogens (tertiary/aromatic N) is 2. The predicted octanol–water partition coefficient (Wildman–Crippen LogP) is 5.40. The van der Waals surface area contributed by atoms with Crippen LogP contribution in [0.5, 0.6) is 11.5 Å². The van der Waals surface area contributed by atoms with Crippen LogP contribution in [0, 0.1) is 13.8 Å². The molecule has 0 bridgehead atoms. The van der Waals surface area contributed by atoms with Gasteiger partial charge in [0.25, 0.3) is 11.8 Å². The van der Waals surface area contributed by atoms with Gasteiger partial charge >= 0.3 is 0 Å². The highest BCUT2D eigenvalue weighted by Crippen LogP contribution is 2.28. The molecule has 0 aromatic heterocycles. The summed E-state index contributed by atoms with van der Waals surface area (Å²) in [6.45, 7) is 8.90. The Hall–Kier alpha value is -4.45. The lowest BCUT2D eigenvalue weighted by Gasteiger charge is -2.32. The van der Waals surface area contributed by atoms with Crippen molar-refractivity contribution in [1.82, 2.24) is 9.80 Å². The molecule has 264 valence electrons. The minimum atomic E-state index is -0.330. The zero-order valence-electron chi connectivity index (χ0n) is 29.3. The Morgan fingerprint density at radius 2 is 1.43 bits per heavy atom. The number of nitrogens with two attached hydrogens (primary N) is 1. The van der Waals surface area contributed by atoms with E-state index in [9.17, 15) is 14.4 Å². The molecule has 1 aliphatic rings. The van der Waals surface area contributed by atoms with E-state index in [1.54, 1.807) is 37.4 Å². The Kier molecular flexibility index (Phi) is 14.4. The number of nitrogens with one attached hydrogen (secondary N) is 2. The zero-order valence-corrected chi connectivity index (χ0v) is 29.3. The van der Waals surface area contributed by atoms with Gasteiger partial charge in [-0.1, -0.05) is 17.7 Å². The second-order valence-electron chi connectivity index (χ2n) is 12.5. The van der Waals surface area contributed by atoms with Gasteiger partial charge in [-0.15, -0.1) is 0 Å². The van der Waals surface area contributed by atoms with Crippen LogP contribution in [0.25, 0.3) is 0 Å². The average molecular weight is 674 g/mol. The summed E-state index contributed by atoms with van der Waals surface area (Å²) < 4.78 is 17.3. The Bertz CT molecular complexity index is 1570. The molecule has 3 aromatic carbocycles. The summed E-state index contributed by atoms with van der Waals surface area (Å²) >= 11 is 0. The fraction of sp³-hybridized carbons (Fsp3) is 0.447. The second-order valence-corrected chi connectivity index (χ2v) is 12.5. The monoisotopic (exact) mass is 673 g/mol. The van der Waals surface area contributed by atoms with Gasteiger partial charge in [0, 0.05) is 56.5 Å². The number of ether oxygens (including phenoxy) is 3. The number of rotatable bonds is 17. The van der Waals surface area contributed by atoms with Gasteiger partial charge in [0.15, 0.2) is 0 Å². The van der Waals surface area contributed by atoms with Gasteiger partial charge < -0.3 is 40.4 Å². The lowest BCUT2D eigenvalue weighted by molar-refractivity contribution is -0.132. The number of piperazine rings is 1. The van der Waals surface area contributed by atoms with E-state index in [-0.39, 0.29) is 24.3 Å². The maximum atomic E-state index is 13.4. The molecule has 1 heterocycles. The molecule has 0 atom stereocenters. The fourth-order valence-electron chi connectivity index (χ4n) is 5.53. The van der Waals surface area contributed by atoms with Crippen molar-refractivity contribution in [1.29, 1.82) is 0 Å². The van der Waals surface area contributed by atoms with Crippen molar-refractivity contribution in [2.75, 3.05) is 70.7 Å². The van der Waals surface area contributed by atoms with E-state index in [4.69, 9.17) is 19.9 Å². The van der Waals surface area contributed by atoms with Crippen molar-refractivity contribution in [3.05, 3.63) is 82.4 Å². The quantitative estimate of drug-likeness (QED) is 0.162. The minimum Gasteiger partial charge on any atom is -0.493 e. The maximum Gasteiger partial charge on any atom is 0.259 e. The van der Waals surface area contributed by atoms with Gasteiger partial charge in [-0.05, 0) is 101 Å². The number of methoxy groups -OCH3 is 1. The third-order valence-electron chi connectivity index (χ3n) is 8.44. The molecule has 0 saturated carbocycles. The van der Waals surface area contributed by atoms with Gasteiger partial charge in [-0.3, -0.25) is 14.4 Å². The van der Waals surface area contributed by atoms with Crippen LogP contribution in [-0.4, -0.2) is 87.6 Å². The van der Waals surface area contributed by atoms with E-state index in [0.717, 1.165) is 56.6 Å². The lowest BCUT2D eigenvalue weighted by Crippen LogP contribution is -2.47. The molecule has 1 fully saturated rings. The Balaban J connectivity index is 1.35. The number of anilines is 2. The molecule has 1 saturated heterocycles. The standard InChI is InChI=1S/C38H51N5O6/c1-27-11-15-34(48-22-8-16-39)31(23-27)38(46)40-32-14-12-29(25-30(32)26-47-4)37(45)41-33-13-10-28(2)24-35(33)49-21-7-5-6-9-36(44)43-19-17-42(3)18-20-43/h10-15,23-25H,5-9,16-22,26,39H2,1-4H3,(H,40,46)(H,41,45). The highest BCUT2D eigenvalue weighted by Gasteiger charge is 2.19. The Labute approximate surface area is 290 Å². The molecule has 11 heteroatoms. The molecule has 3 aromatic rings. The van der Waals surface area contributed by atoms with Crippen LogP contribution in [0.3, 0.4) is 0 Å². The van der Waals surface area contributed by atoms with Crippen molar-refractivity contribution in [2.24, 2.45) is 5.73 Å². The first-order valence-electron chi connectivity index (χ1n) is 17.1. The van der Waals surface area contributed by atoms with Gasteiger partial charge in [0.2, 0.25) is 5.91 Å². The average Bonchev–Trinajstić information content (AvgIpc) is 3.09. The van der Waals surface area contributed by atoms with E-state index in [2.05, 4.69) is 22.6 Å². The summed E-state index contributed by atoms with van der Waals surface area (Å²) in [7, 11) is 3.64. The van der Waals surface area contributed by atoms with Gasteiger partial charge in [-0.25, -0.2) is 0 Å². The highest BCUT2D eigenvalue weighted by atomic mass is 16.5. The van der Waals surface area contributed by atoms with Crippen molar-refractivity contribution < 1.29 is 28.6 Å². The van der Waals surface area contributed by atoms with Crippen LogP contribution < -0.4 is 25.8 Å². The van der Waals surface area contributed by atoms with Gasteiger partial charge in [0.1, 0.15) is 11.5 Å². The number of benzene rings is 3. The summed E-state index contributed by atoms with van der Waals surface area (Å²) in [6.07, 6.45) is 3.73. The van der Waals surface area contributed by atoms with Crippen molar-refractivity contribution in [3.8, 4) is 11.5 Å². The number of unbranched alkanes of at least 4 members (excludes halogenated alkanes) is 2. The van der Waals surface area contributed by atoms with E-state index in [1.807, 2.05) is 43.0 Å². The summed E-state index contributed by atoms with van der Waals surface area (Å²) in [4.78, 5) is 43.5. The number of carbonyl (C=O) groups is 3. The number of hydrogen-bond acceptors (Lipinski definition) is 8. The summed E-state index contributed by atoms with van der Waals surface area (Å²) in [6, 6.07) is 16.2. The number of likely N-dealkylation sites (N-methyl/N-ethyl adjacent to an activating group) is 1. The molecule has 0 aliphatic carbocycles. The first kappa shape index (κ1) is 37.4. The molecule has 4 rings (SSSR count). The van der Waals surface area contributed by atoms with Crippen LogP contribution in [-0.2, 0) is 16.1 Å². The largest absolute Gasteiger partial charge is 0.493 e. The third kappa shape index (κ3) is 11.3. The van der Waals surface area contributed by atoms with Crippen LogP contribution in [0.1, 0.15) is 69.5 Å². The topological polar surface area (TPSA) is 135 Å². The first-order valence-corrected chi connectivity index (χ1v) is 17.1. The lowest BCUT2D eigenvalue weighted by atomic mass is 10.1. The molecule has 1 aliphatic heterocycles. The van der Waals surface area contributed by atoms with Crippen LogP contribution >= 0.6 is 0 Å². The number of amides is 3. The molecule has 3 amide bonds. The SMILES string of the molecule is COCc1cc(C(=O)Nc2ccc(C)cc2OCCCCCC(=O)N2CCN(C)CC2)ccc1NC(=O)c1cc(C)ccc1OCCCN.